The monoisotopic (exact) mass is 269 g/mol. The van der Waals surface area contributed by atoms with Crippen LogP contribution in [0.2, 0.25) is 0 Å². The van der Waals surface area contributed by atoms with Crippen LogP contribution in [0.5, 0.6) is 0 Å². The molecular formula is C13H23N3OS. The molecule has 0 bridgehead atoms. The van der Waals surface area contributed by atoms with Crippen molar-refractivity contribution in [2.75, 3.05) is 32.7 Å². The number of thiocarbonyl (C=S) groups is 1. The van der Waals surface area contributed by atoms with Crippen LogP contribution >= 0.6 is 12.2 Å². The van der Waals surface area contributed by atoms with E-state index in [4.69, 9.17) is 18.0 Å². The van der Waals surface area contributed by atoms with Gasteiger partial charge >= 0.3 is 0 Å². The van der Waals surface area contributed by atoms with Gasteiger partial charge in [-0.3, -0.25) is 9.69 Å². The Bertz CT molecular complexity index is 307. The van der Waals surface area contributed by atoms with E-state index >= 15 is 0 Å². The molecule has 2 aliphatic heterocycles. The summed E-state index contributed by atoms with van der Waals surface area (Å²) in [6, 6.07) is 0. The Morgan fingerprint density at radius 1 is 1.11 bits per heavy atom. The molecule has 2 fully saturated rings. The average Bonchev–Trinajstić information content (AvgIpc) is 2.40. The van der Waals surface area contributed by atoms with Crippen molar-refractivity contribution < 1.29 is 4.79 Å². The average molecular weight is 269 g/mol. The van der Waals surface area contributed by atoms with Gasteiger partial charge in [-0.1, -0.05) is 12.2 Å². The van der Waals surface area contributed by atoms with Gasteiger partial charge < -0.3 is 10.6 Å². The summed E-state index contributed by atoms with van der Waals surface area (Å²) >= 11 is 5.03. The molecular weight excluding hydrogens is 246 g/mol. The summed E-state index contributed by atoms with van der Waals surface area (Å²) in [5.74, 6) is 0.671. The highest BCUT2D eigenvalue weighted by molar-refractivity contribution is 7.80. The second-order valence-corrected chi connectivity index (χ2v) is 5.87. The molecule has 0 aliphatic carbocycles. The summed E-state index contributed by atoms with van der Waals surface area (Å²) in [5.41, 5.74) is 5.67. The summed E-state index contributed by atoms with van der Waals surface area (Å²) in [7, 11) is 0. The molecule has 0 saturated carbocycles. The molecule has 2 saturated heterocycles. The van der Waals surface area contributed by atoms with E-state index in [1.807, 2.05) is 4.90 Å². The van der Waals surface area contributed by atoms with Gasteiger partial charge in [-0.05, 0) is 45.2 Å². The summed E-state index contributed by atoms with van der Waals surface area (Å²) in [4.78, 5) is 17.0. The van der Waals surface area contributed by atoms with Crippen LogP contribution < -0.4 is 5.73 Å². The Hall–Kier alpha value is -0.680. The fraction of sp³-hybridized carbons (Fsp3) is 0.846. The van der Waals surface area contributed by atoms with Crippen molar-refractivity contribution >= 4 is 23.1 Å². The summed E-state index contributed by atoms with van der Waals surface area (Å²) < 4.78 is 0. The quantitative estimate of drug-likeness (QED) is 0.777. The third kappa shape index (κ3) is 3.65. The topological polar surface area (TPSA) is 49.6 Å². The van der Waals surface area contributed by atoms with Gasteiger partial charge in [0, 0.05) is 19.0 Å². The van der Waals surface area contributed by atoms with Crippen molar-refractivity contribution in [1.29, 1.82) is 0 Å². The highest BCUT2D eigenvalue weighted by atomic mass is 32.1. The molecule has 102 valence electrons. The third-order valence-corrected chi connectivity index (χ3v) is 4.39. The molecule has 0 atom stereocenters. The van der Waals surface area contributed by atoms with Crippen LogP contribution in [0.25, 0.3) is 0 Å². The molecule has 0 unspecified atom stereocenters. The number of amides is 1. The van der Waals surface area contributed by atoms with E-state index in [0.717, 1.165) is 51.9 Å². The predicted molar refractivity (Wildman–Crippen MR) is 76.4 cm³/mol. The van der Waals surface area contributed by atoms with Crippen molar-refractivity contribution in [3.8, 4) is 0 Å². The standard InChI is InChI=1S/C13H23N3OS/c14-13(18)11-4-8-15(9-5-11)10-12(17)16-6-2-1-3-7-16/h11H,1-10H2,(H2,14,18). The van der Waals surface area contributed by atoms with Gasteiger partial charge in [0.2, 0.25) is 5.91 Å². The van der Waals surface area contributed by atoms with Crippen LogP contribution in [0.3, 0.4) is 0 Å². The Morgan fingerprint density at radius 3 is 2.28 bits per heavy atom. The second-order valence-electron chi connectivity index (χ2n) is 5.39. The lowest BCUT2D eigenvalue weighted by Gasteiger charge is -2.33. The van der Waals surface area contributed by atoms with Crippen LogP contribution in [0.15, 0.2) is 0 Å². The van der Waals surface area contributed by atoms with E-state index in [0.29, 0.717) is 23.4 Å². The molecule has 0 radical (unpaired) electrons. The minimum atomic E-state index is 0.295. The number of hydrogen-bond donors (Lipinski definition) is 1. The van der Waals surface area contributed by atoms with E-state index < -0.39 is 0 Å². The van der Waals surface area contributed by atoms with Gasteiger partial charge in [-0.15, -0.1) is 0 Å². The number of nitrogens with zero attached hydrogens (tertiary/aromatic N) is 2. The van der Waals surface area contributed by atoms with Gasteiger partial charge in [0.25, 0.3) is 0 Å². The first-order valence-electron chi connectivity index (χ1n) is 6.96. The number of rotatable bonds is 3. The lowest BCUT2D eigenvalue weighted by atomic mass is 9.97. The van der Waals surface area contributed by atoms with Crippen LogP contribution in [-0.4, -0.2) is 53.4 Å². The van der Waals surface area contributed by atoms with E-state index in [9.17, 15) is 4.79 Å². The Kier molecular flexibility index (Phi) is 4.95. The number of carbonyl (C=O) groups excluding carboxylic acids is 1. The van der Waals surface area contributed by atoms with Crippen molar-refractivity contribution in [2.45, 2.75) is 32.1 Å². The Morgan fingerprint density at radius 2 is 1.72 bits per heavy atom. The SMILES string of the molecule is NC(=S)C1CCN(CC(=O)N2CCCCC2)CC1. The zero-order chi connectivity index (χ0) is 13.0. The molecule has 4 nitrogen and oxygen atoms in total. The lowest BCUT2D eigenvalue weighted by molar-refractivity contribution is -0.133. The maximum atomic E-state index is 12.1. The van der Waals surface area contributed by atoms with Gasteiger partial charge in [-0.25, -0.2) is 0 Å². The van der Waals surface area contributed by atoms with Gasteiger partial charge in [0.1, 0.15) is 0 Å². The van der Waals surface area contributed by atoms with Crippen LogP contribution in [0, 0.1) is 5.92 Å². The molecule has 18 heavy (non-hydrogen) atoms. The van der Waals surface area contributed by atoms with Gasteiger partial charge in [0.05, 0.1) is 11.5 Å². The number of carbonyl (C=O) groups is 1. The molecule has 2 aliphatic rings. The number of nitrogens with two attached hydrogens (primary N) is 1. The van der Waals surface area contributed by atoms with E-state index in [1.54, 1.807) is 0 Å². The number of hydrogen-bond acceptors (Lipinski definition) is 3. The molecule has 0 aromatic carbocycles. The second kappa shape index (κ2) is 6.48. The van der Waals surface area contributed by atoms with Crippen molar-refractivity contribution in [3.63, 3.8) is 0 Å². The summed E-state index contributed by atoms with van der Waals surface area (Å²) in [6.45, 7) is 4.36. The Labute approximate surface area is 114 Å². The van der Waals surface area contributed by atoms with Gasteiger partial charge in [0.15, 0.2) is 0 Å². The van der Waals surface area contributed by atoms with E-state index in [2.05, 4.69) is 4.90 Å². The van der Waals surface area contributed by atoms with Crippen LogP contribution in [0.1, 0.15) is 32.1 Å². The molecule has 2 rings (SSSR count). The minimum Gasteiger partial charge on any atom is -0.393 e. The van der Waals surface area contributed by atoms with E-state index in [1.165, 1.54) is 6.42 Å². The first-order valence-corrected chi connectivity index (χ1v) is 7.37. The van der Waals surface area contributed by atoms with Crippen LogP contribution in [0.4, 0.5) is 0 Å². The molecule has 0 aromatic heterocycles. The molecule has 5 heteroatoms. The molecule has 1 amide bonds. The number of likely N-dealkylation sites (tertiary alicyclic amines) is 2. The molecule has 0 aromatic rings. The molecule has 0 spiro atoms. The van der Waals surface area contributed by atoms with Crippen molar-refractivity contribution in [1.82, 2.24) is 9.80 Å². The highest BCUT2D eigenvalue weighted by Crippen LogP contribution is 2.17. The smallest absolute Gasteiger partial charge is 0.236 e. The van der Waals surface area contributed by atoms with Crippen LogP contribution in [-0.2, 0) is 4.79 Å². The predicted octanol–water partition coefficient (Wildman–Crippen LogP) is 0.997. The van der Waals surface area contributed by atoms with E-state index in [-0.39, 0.29) is 0 Å². The fourth-order valence-electron chi connectivity index (χ4n) is 2.81. The molecule has 2 N–H and O–H groups in total. The minimum absolute atomic E-state index is 0.295. The summed E-state index contributed by atoms with van der Waals surface area (Å²) in [5, 5.41) is 0. The maximum Gasteiger partial charge on any atom is 0.236 e. The van der Waals surface area contributed by atoms with Gasteiger partial charge in [-0.2, -0.15) is 0 Å². The highest BCUT2D eigenvalue weighted by Gasteiger charge is 2.24. The zero-order valence-corrected chi connectivity index (χ0v) is 11.8. The van der Waals surface area contributed by atoms with Crippen molar-refractivity contribution in [2.24, 2.45) is 11.7 Å². The Balaban J connectivity index is 1.73. The number of piperidine rings is 2. The first kappa shape index (κ1) is 13.7. The third-order valence-electron chi connectivity index (χ3n) is 4.06. The van der Waals surface area contributed by atoms with Crippen molar-refractivity contribution in [3.05, 3.63) is 0 Å². The molecule has 2 heterocycles. The fourth-order valence-corrected chi connectivity index (χ4v) is 3.05. The largest absolute Gasteiger partial charge is 0.393 e. The zero-order valence-electron chi connectivity index (χ0n) is 10.9. The summed E-state index contributed by atoms with van der Waals surface area (Å²) in [6.07, 6.45) is 5.60. The first-order chi connectivity index (χ1) is 8.66. The normalized spacial score (nSPS) is 23.0. The lowest BCUT2D eigenvalue weighted by Crippen LogP contribution is -2.46. The maximum absolute atomic E-state index is 12.1.